The SMILES string of the molecule is CCCC(CC)CCC(C)(C)CC. The summed E-state index contributed by atoms with van der Waals surface area (Å²) in [6.07, 6.45) is 8.30. The number of hydrogen-bond donors (Lipinski definition) is 0. The Balaban J connectivity index is 3.70. The van der Waals surface area contributed by atoms with E-state index in [0.717, 1.165) is 5.92 Å². The van der Waals surface area contributed by atoms with Crippen molar-refractivity contribution in [2.24, 2.45) is 11.3 Å². The van der Waals surface area contributed by atoms with Gasteiger partial charge in [0.25, 0.3) is 0 Å². The van der Waals surface area contributed by atoms with Crippen LogP contribution in [0.1, 0.15) is 73.1 Å². The quantitative estimate of drug-likeness (QED) is 0.520. The summed E-state index contributed by atoms with van der Waals surface area (Å²) in [7, 11) is 0. The third-order valence-corrected chi connectivity index (χ3v) is 3.46. The Morgan fingerprint density at radius 3 is 2.00 bits per heavy atom. The molecule has 0 radical (unpaired) electrons. The normalized spacial score (nSPS) is 14.5. The van der Waals surface area contributed by atoms with Gasteiger partial charge in [-0.3, -0.25) is 0 Å². The third-order valence-electron chi connectivity index (χ3n) is 3.46. The molecule has 0 saturated carbocycles. The zero-order valence-corrected chi connectivity index (χ0v) is 10.3. The molecule has 0 N–H and O–H groups in total. The lowest BCUT2D eigenvalue weighted by Gasteiger charge is -2.25. The first-order valence-corrected chi connectivity index (χ1v) is 6.05. The van der Waals surface area contributed by atoms with Crippen LogP contribution in [-0.2, 0) is 0 Å². The molecule has 1 atom stereocenters. The minimum absolute atomic E-state index is 0.571. The van der Waals surface area contributed by atoms with Gasteiger partial charge in [0.1, 0.15) is 0 Å². The van der Waals surface area contributed by atoms with E-state index in [2.05, 4.69) is 34.6 Å². The first-order valence-electron chi connectivity index (χ1n) is 6.05. The molecule has 0 rings (SSSR count). The second-order valence-electron chi connectivity index (χ2n) is 5.12. The van der Waals surface area contributed by atoms with Gasteiger partial charge in [-0.1, -0.05) is 60.3 Å². The van der Waals surface area contributed by atoms with Crippen LogP contribution in [0.5, 0.6) is 0 Å². The van der Waals surface area contributed by atoms with Crippen LogP contribution >= 0.6 is 0 Å². The van der Waals surface area contributed by atoms with Gasteiger partial charge in [-0.05, 0) is 24.2 Å². The van der Waals surface area contributed by atoms with Crippen LogP contribution in [0.4, 0.5) is 0 Å². The molecule has 0 aromatic rings. The Hall–Kier alpha value is 0. The molecule has 0 amide bonds. The fourth-order valence-electron chi connectivity index (χ4n) is 1.73. The molecule has 0 bridgehead atoms. The first kappa shape index (κ1) is 13.0. The van der Waals surface area contributed by atoms with Gasteiger partial charge in [-0.15, -0.1) is 0 Å². The maximum absolute atomic E-state index is 2.39. The second-order valence-corrected chi connectivity index (χ2v) is 5.12. The molecule has 0 spiro atoms. The largest absolute Gasteiger partial charge is 0.0654 e. The van der Waals surface area contributed by atoms with Crippen molar-refractivity contribution in [3.63, 3.8) is 0 Å². The zero-order chi connectivity index (χ0) is 10.3. The van der Waals surface area contributed by atoms with E-state index >= 15 is 0 Å². The van der Waals surface area contributed by atoms with Gasteiger partial charge in [0.2, 0.25) is 0 Å². The van der Waals surface area contributed by atoms with Crippen molar-refractivity contribution in [1.29, 1.82) is 0 Å². The summed E-state index contributed by atoms with van der Waals surface area (Å²) in [5.74, 6) is 0.982. The molecule has 0 aliphatic rings. The third kappa shape index (κ3) is 6.12. The van der Waals surface area contributed by atoms with Crippen molar-refractivity contribution in [2.45, 2.75) is 73.1 Å². The fraction of sp³-hybridized carbons (Fsp3) is 1.00. The van der Waals surface area contributed by atoms with Crippen molar-refractivity contribution in [2.75, 3.05) is 0 Å². The molecule has 0 aliphatic carbocycles. The van der Waals surface area contributed by atoms with Crippen LogP contribution in [0.25, 0.3) is 0 Å². The molecule has 0 saturated heterocycles. The Labute approximate surface area is 85.1 Å². The fourth-order valence-corrected chi connectivity index (χ4v) is 1.73. The lowest BCUT2D eigenvalue weighted by molar-refractivity contribution is 0.273. The van der Waals surface area contributed by atoms with Crippen LogP contribution in [0.2, 0.25) is 0 Å². The minimum Gasteiger partial charge on any atom is -0.0654 e. The van der Waals surface area contributed by atoms with E-state index in [1.165, 1.54) is 38.5 Å². The van der Waals surface area contributed by atoms with Crippen LogP contribution in [0.3, 0.4) is 0 Å². The van der Waals surface area contributed by atoms with Crippen LogP contribution < -0.4 is 0 Å². The van der Waals surface area contributed by atoms with E-state index in [1.807, 2.05) is 0 Å². The topological polar surface area (TPSA) is 0 Å². The lowest BCUT2D eigenvalue weighted by Crippen LogP contribution is -2.12. The smallest absolute Gasteiger partial charge is 0.0357 e. The standard InChI is InChI=1S/C13H28/c1-6-9-12(7-2)10-11-13(4,5)8-3/h12H,6-11H2,1-5H3. The van der Waals surface area contributed by atoms with E-state index in [-0.39, 0.29) is 0 Å². The summed E-state index contributed by atoms with van der Waals surface area (Å²) in [4.78, 5) is 0. The molecule has 0 aromatic heterocycles. The Morgan fingerprint density at radius 2 is 1.62 bits per heavy atom. The van der Waals surface area contributed by atoms with Gasteiger partial charge < -0.3 is 0 Å². The van der Waals surface area contributed by atoms with Crippen molar-refractivity contribution in [3.8, 4) is 0 Å². The zero-order valence-electron chi connectivity index (χ0n) is 10.3. The summed E-state index contributed by atoms with van der Waals surface area (Å²) >= 11 is 0. The Morgan fingerprint density at radius 1 is 1.00 bits per heavy atom. The molecule has 0 heterocycles. The van der Waals surface area contributed by atoms with E-state index in [4.69, 9.17) is 0 Å². The van der Waals surface area contributed by atoms with Gasteiger partial charge in [-0.2, -0.15) is 0 Å². The molecule has 0 heteroatoms. The van der Waals surface area contributed by atoms with Crippen molar-refractivity contribution < 1.29 is 0 Å². The molecule has 13 heavy (non-hydrogen) atoms. The maximum atomic E-state index is 2.39. The van der Waals surface area contributed by atoms with E-state index in [0.29, 0.717) is 5.41 Å². The van der Waals surface area contributed by atoms with E-state index in [1.54, 1.807) is 0 Å². The van der Waals surface area contributed by atoms with Crippen molar-refractivity contribution >= 4 is 0 Å². The Kier molecular flexibility index (Phi) is 6.45. The summed E-state index contributed by atoms with van der Waals surface area (Å²) in [6, 6.07) is 0. The summed E-state index contributed by atoms with van der Waals surface area (Å²) in [5.41, 5.74) is 0.571. The molecule has 0 nitrogen and oxygen atoms in total. The van der Waals surface area contributed by atoms with Crippen LogP contribution in [0.15, 0.2) is 0 Å². The average molecular weight is 184 g/mol. The van der Waals surface area contributed by atoms with Crippen LogP contribution in [0, 0.1) is 11.3 Å². The summed E-state index contributed by atoms with van der Waals surface area (Å²) < 4.78 is 0. The highest BCUT2D eigenvalue weighted by atomic mass is 14.2. The summed E-state index contributed by atoms with van der Waals surface area (Å²) in [6.45, 7) is 11.7. The molecule has 80 valence electrons. The first-order chi connectivity index (χ1) is 6.05. The van der Waals surface area contributed by atoms with Gasteiger partial charge in [0.15, 0.2) is 0 Å². The lowest BCUT2D eigenvalue weighted by atomic mass is 9.81. The van der Waals surface area contributed by atoms with Gasteiger partial charge >= 0.3 is 0 Å². The predicted octanol–water partition coefficient (Wildman–Crippen LogP) is 5.03. The molecule has 0 aromatic carbocycles. The van der Waals surface area contributed by atoms with E-state index in [9.17, 15) is 0 Å². The van der Waals surface area contributed by atoms with E-state index < -0.39 is 0 Å². The molecular weight excluding hydrogens is 156 g/mol. The van der Waals surface area contributed by atoms with Crippen LogP contribution in [-0.4, -0.2) is 0 Å². The number of rotatable bonds is 7. The molecule has 0 aliphatic heterocycles. The summed E-state index contributed by atoms with van der Waals surface area (Å²) in [5, 5.41) is 0. The molecular formula is C13H28. The van der Waals surface area contributed by atoms with Gasteiger partial charge in [-0.25, -0.2) is 0 Å². The average Bonchev–Trinajstić information content (AvgIpc) is 2.12. The van der Waals surface area contributed by atoms with Gasteiger partial charge in [0, 0.05) is 0 Å². The highest BCUT2D eigenvalue weighted by Crippen LogP contribution is 2.30. The van der Waals surface area contributed by atoms with Crippen molar-refractivity contribution in [3.05, 3.63) is 0 Å². The molecule has 0 fully saturated rings. The minimum atomic E-state index is 0.571. The number of hydrogen-bond acceptors (Lipinski definition) is 0. The van der Waals surface area contributed by atoms with Crippen molar-refractivity contribution in [1.82, 2.24) is 0 Å². The van der Waals surface area contributed by atoms with Gasteiger partial charge in [0.05, 0.1) is 0 Å². The maximum Gasteiger partial charge on any atom is -0.0357 e. The monoisotopic (exact) mass is 184 g/mol. The Bertz CT molecular complexity index is 113. The highest BCUT2D eigenvalue weighted by molar-refractivity contribution is 4.68. The second kappa shape index (κ2) is 6.45. The molecule has 1 unspecified atom stereocenters. The predicted molar refractivity (Wildman–Crippen MR) is 62.0 cm³/mol. The highest BCUT2D eigenvalue weighted by Gasteiger charge is 2.16.